The normalized spacial score (nSPS) is 12.7. The summed E-state index contributed by atoms with van der Waals surface area (Å²) < 4.78 is 5.00. The van der Waals surface area contributed by atoms with Crippen LogP contribution in [-0.4, -0.2) is 10.1 Å². The third kappa shape index (κ3) is 2.35. The number of aliphatic hydroxyl groups is 1. The topological polar surface area (TPSA) is 46.3 Å². The number of halogens is 1. The number of pyridine rings is 1. The Labute approximate surface area is 115 Å². The van der Waals surface area contributed by atoms with Crippen molar-refractivity contribution in [2.75, 3.05) is 0 Å². The Kier molecular flexibility index (Phi) is 3.23. The Bertz CT molecular complexity index is 703. The van der Waals surface area contributed by atoms with E-state index in [1.165, 1.54) is 6.26 Å². The second kappa shape index (κ2) is 5.03. The van der Waals surface area contributed by atoms with Crippen LogP contribution in [0, 0.1) is 0 Å². The first-order valence-corrected chi connectivity index (χ1v) is 6.37. The summed E-state index contributed by atoms with van der Waals surface area (Å²) in [5.74, 6) is 0. The van der Waals surface area contributed by atoms with Crippen molar-refractivity contribution >= 4 is 22.5 Å². The lowest BCUT2D eigenvalue weighted by molar-refractivity contribution is 0.178. The molecule has 0 aliphatic heterocycles. The van der Waals surface area contributed by atoms with Gasteiger partial charge in [-0.05, 0) is 35.4 Å². The van der Waals surface area contributed by atoms with Gasteiger partial charge in [-0.2, -0.15) is 0 Å². The van der Waals surface area contributed by atoms with Gasteiger partial charge in [0, 0.05) is 23.6 Å². The Morgan fingerprint density at radius 2 is 2.05 bits per heavy atom. The Morgan fingerprint density at radius 1 is 1.21 bits per heavy atom. The molecule has 19 heavy (non-hydrogen) atoms. The van der Waals surface area contributed by atoms with Gasteiger partial charge < -0.3 is 9.52 Å². The van der Waals surface area contributed by atoms with Crippen LogP contribution in [0.1, 0.15) is 17.2 Å². The number of hydrogen-bond acceptors (Lipinski definition) is 3. The molecule has 1 unspecified atom stereocenters. The van der Waals surface area contributed by atoms with Crippen molar-refractivity contribution < 1.29 is 9.52 Å². The molecule has 1 aromatic carbocycles. The van der Waals surface area contributed by atoms with Crippen molar-refractivity contribution in [3.05, 3.63) is 65.2 Å². The largest absolute Gasteiger partial charge is 0.453 e. The predicted molar refractivity (Wildman–Crippen MR) is 74.1 cm³/mol. The van der Waals surface area contributed by atoms with E-state index in [9.17, 15) is 5.11 Å². The van der Waals surface area contributed by atoms with Gasteiger partial charge in [-0.15, -0.1) is 0 Å². The molecule has 2 heterocycles. The SMILES string of the molecule is OC(Cc1ccnc2ccccc12)c1ccoc1Cl. The van der Waals surface area contributed by atoms with Crippen LogP contribution >= 0.6 is 11.6 Å². The highest BCUT2D eigenvalue weighted by Crippen LogP contribution is 2.28. The second-order valence-corrected chi connectivity index (χ2v) is 4.70. The van der Waals surface area contributed by atoms with E-state index in [1.54, 1.807) is 12.3 Å². The highest BCUT2D eigenvalue weighted by Gasteiger charge is 2.15. The molecule has 0 aliphatic carbocycles. The van der Waals surface area contributed by atoms with E-state index < -0.39 is 6.10 Å². The van der Waals surface area contributed by atoms with Crippen LogP contribution in [0.25, 0.3) is 10.9 Å². The summed E-state index contributed by atoms with van der Waals surface area (Å²) in [6.45, 7) is 0. The van der Waals surface area contributed by atoms with Crippen LogP contribution in [0.15, 0.2) is 53.3 Å². The van der Waals surface area contributed by atoms with Gasteiger partial charge in [-0.1, -0.05) is 18.2 Å². The van der Waals surface area contributed by atoms with E-state index >= 15 is 0 Å². The molecule has 3 aromatic rings. The molecule has 1 N–H and O–H groups in total. The van der Waals surface area contributed by atoms with Crippen molar-refractivity contribution in [3.8, 4) is 0 Å². The number of nitrogens with zero attached hydrogens (tertiary/aromatic N) is 1. The van der Waals surface area contributed by atoms with Crippen molar-refractivity contribution in [1.82, 2.24) is 4.98 Å². The maximum absolute atomic E-state index is 10.2. The third-order valence-electron chi connectivity index (χ3n) is 3.16. The molecule has 0 spiro atoms. The molecule has 4 heteroatoms. The monoisotopic (exact) mass is 273 g/mol. The fourth-order valence-corrected chi connectivity index (χ4v) is 2.43. The van der Waals surface area contributed by atoms with E-state index in [2.05, 4.69) is 4.98 Å². The standard InChI is InChI=1S/C15H12ClNO2/c16-15-12(6-8-19-15)14(18)9-10-5-7-17-13-4-2-1-3-11(10)13/h1-8,14,18H,9H2. The zero-order chi connectivity index (χ0) is 13.2. The van der Waals surface area contributed by atoms with Gasteiger partial charge in [0.25, 0.3) is 0 Å². The van der Waals surface area contributed by atoms with E-state index in [0.717, 1.165) is 16.5 Å². The minimum Gasteiger partial charge on any atom is -0.453 e. The van der Waals surface area contributed by atoms with E-state index in [0.29, 0.717) is 12.0 Å². The second-order valence-electron chi connectivity index (χ2n) is 4.36. The van der Waals surface area contributed by atoms with Crippen LogP contribution in [0.3, 0.4) is 0 Å². The maximum Gasteiger partial charge on any atom is 0.198 e. The lowest BCUT2D eigenvalue weighted by atomic mass is 10.0. The Hall–Kier alpha value is -1.84. The molecule has 3 rings (SSSR count). The first-order chi connectivity index (χ1) is 9.25. The summed E-state index contributed by atoms with van der Waals surface area (Å²) in [6, 6.07) is 11.5. The first kappa shape index (κ1) is 12.2. The molecule has 0 saturated carbocycles. The smallest absolute Gasteiger partial charge is 0.198 e. The summed E-state index contributed by atoms with van der Waals surface area (Å²) in [5.41, 5.74) is 2.57. The summed E-state index contributed by atoms with van der Waals surface area (Å²) >= 11 is 5.88. The summed E-state index contributed by atoms with van der Waals surface area (Å²) in [5, 5.41) is 11.5. The Balaban J connectivity index is 1.96. The lowest BCUT2D eigenvalue weighted by Gasteiger charge is -2.11. The average Bonchev–Trinajstić information content (AvgIpc) is 2.85. The van der Waals surface area contributed by atoms with Gasteiger partial charge in [-0.25, -0.2) is 0 Å². The zero-order valence-corrected chi connectivity index (χ0v) is 10.8. The molecule has 2 aromatic heterocycles. The predicted octanol–water partition coefficient (Wildman–Crippen LogP) is 3.76. The Morgan fingerprint density at radius 3 is 2.84 bits per heavy atom. The van der Waals surface area contributed by atoms with Crippen molar-refractivity contribution in [2.45, 2.75) is 12.5 Å². The average molecular weight is 274 g/mol. The zero-order valence-electron chi connectivity index (χ0n) is 10.1. The molecule has 0 aliphatic rings. The van der Waals surface area contributed by atoms with Crippen molar-refractivity contribution in [2.24, 2.45) is 0 Å². The van der Waals surface area contributed by atoms with Gasteiger partial charge in [0.05, 0.1) is 17.9 Å². The minimum atomic E-state index is -0.683. The molecule has 0 radical (unpaired) electrons. The number of fused-ring (bicyclic) bond motifs is 1. The minimum absolute atomic E-state index is 0.242. The van der Waals surface area contributed by atoms with Crippen LogP contribution in [0.4, 0.5) is 0 Å². The van der Waals surface area contributed by atoms with Crippen molar-refractivity contribution in [3.63, 3.8) is 0 Å². The van der Waals surface area contributed by atoms with Crippen LogP contribution in [0.5, 0.6) is 0 Å². The van der Waals surface area contributed by atoms with Gasteiger partial charge in [0.15, 0.2) is 5.22 Å². The molecule has 0 amide bonds. The molecule has 96 valence electrons. The number of benzene rings is 1. The number of rotatable bonds is 3. The first-order valence-electron chi connectivity index (χ1n) is 5.99. The summed E-state index contributed by atoms with van der Waals surface area (Å²) in [7, 11) is 0. The maximum atomic E-state index is 10.2. The third-order valence-corrected chi connectivity index (χ3v) is 3.46. The van der Waals surface area contributed by atoms with Crippen LogP contribution in [0.2, 0.25) is 5.22 Å². The van der Waals surface area contributed by atoms with Gasteiger partial charge >= 0.3 is 0 Å². The van der Waals surface area contributed by atoms with E-state index in [1.807, 2.05) is 30.3 Å². The molecule has 1 atom stereocenters. The quantitative estimate of drug-likeness (QED) is 0.790. The van der Waals surface area contributed by atoms with Crippen molar-refractivity contribution in [1.29, 1.82) is 0 Å². The number of hydrogen-bond donors (Lipinski definition) is 1. The number of aromatic nitrogens is 1. The number of para-hydroxylation sites is 1. The van der Waals surface area contributed by atoms with E-state index in [-0.39, 0.29) is 5.22 Å². The molecule has 0 bridgehead atoms. The van der Waals surface area contributed by atoms with Gasteiger partial charge in [0.2, 0.25) is 0 Å². The fraction of sp³-hybridized carbons (Fsp3) is 0.133. The highest BCUT2D eigenvalue weighted by atomic mass is 35.5. The summed E-state index contributed by atoms with van der Waals surface area (Å²) in [4.78, 5) is 4.30. The van der Waals surface area contributed by atoms with Crippen LogP contribution in [-0.2, 0) is 6.42 Å². The molecule has 3 nitrogen and oxygen atoms in total. The summed E-state index contributed by atoms with van der Waals surface area (Å²) in [6.07, 6.45) is 3.02. The highest BCUT2D eigenvalue weighted by molar-refractivity contribution is 6.29. The molecular formula is C15H12ClNO2. The number of furan rings is 1. The van der Waals surface area contributed by atoms with Crippen LogP contribution < -0.4 is 0 Å². The molecule has 0 fully saturated rings. The molecular weight excluding hydrogens is 262 g/mol. The van der Waals surface area contributed by atoms with Gasteiger partial charge in [-0.3, -0.25) is 4.98 Å². The van der Waals surface area contributed by atoms with Gasteiger partial charge in [0.1, 0.15) is 0 Å². The number of aliphatic hydroxyl groups excluding tert-OH is 1. The van der Waals surface area contributed by atoms with E-state index in [4.69, 9.17) is 16.0 Å². The lowest BCUT2D eigenvalue weighted by Crippen LogP contribution is -2.02. The molecule has 0 saturated heterocycles. The fourth-order valence-electron chi connectivity index (χ4n) is 2.19.